The van der Waals surface area contributed by atoms with E-state index in [0.29, 0.717) is 23.3 Å². The van der Waals surface area contributed by atoms with Crippen LogP contribution in [0.2, 0.25) is 5.02 Å². The second-order valence-electron chi connectivity index (χ2n) is 5.17. The Labute approximate surface area is 105 Å². The van der Waals surface area contributed by atoms with Crippen LogP contribution in [0.25, 0.3) is 0 Å². The zero-order valence-corrected chi connectivity index (χ0v) is 10.3. The molecule has 2 N–H and O–H groups in total. The average molecular weight is 256 g/mol. The van der Waals surface area contributed by atoms with E-state index in [0.717, 1.165) is 18.4 Å². The minimum Gasteiger partial charge on any atom is -0.491 e. The summed E-state index contributed by atoms with van der Waals surface area (Å²) in [5.74, 6) is 0.873. The van der Waals surface area contributed by atoms with E-state index in [1.54, 1.807) is 0 Å². The van der Waals surface area contributed by atoms with Crippen molar-refractivity contribution >= 4 is 11.6 Å². The van der Waals surface area contributed by atoms with Crippen LogP contribution in [-0.4, -0.2) is 6.61 Å². The monoisotopic (exact) mass is 255 g/mol. The number of halogens is 2. The molecule has 92 valence electrons. The lowest BCUT2D eigenvalue weighted by molar-refractivity contribution is 0.294. The number of hydrogen-bond donors (Lipinski definition) is 1. The van der Waals surface area contributed by atoms with Gasteiger partial charge in [-0.25, -0.2) is 4.39 Å². The predicted octanol–water partition coefficient (Wildman–Crippen LogP) is 3.22. The van der Waals surface area contributed by atoms with Crippen molar-refractivity contribution in [3.8, 4) is 5.75 Å². The lowest BCUT2D eigenvalue weighted by Gasteiger charge is -2.17. The molecule has 0 unspecified atom stereocenters. The highest BCUT2D eigenvalue weighted by atomic mass is 35.5. The Morgan fingerprint density at radius 2 is 2.12 bits per heavy atom. The van der Waals surface area contributed by atoms with Gasteiger partial charge >= 0.3 is 0 Å². The summed E-state index contributed by atoms with van der Waals surface area (Å²) in [6.07, 6.45) is 4.16. The van der Waals surface area contributed by atoms with Crippen LogP contribution in [0.1, 0.15) is 31.2 Å². The van der Waals surface area contributed by atoms with Crippen molar-refractivity contribution in [2.24, 2.45) is 11.7 Å². The molecule has 1 aromatic rings. The van der Waals surface area contributed by atoms with Gasteiger partial charge in [0, 0.05) is 11.1 Å². The van der Waals surface area contributed by atoms with E-state index in [-0.39, 0.29) is 5.82 Å². The molecule has 0 radical (unpaired) electrons. The van der Waals surface area contributed by atoms with E-state index in [1.807, 2.05) is 0 Å². The van der Waals surface area contributed by atoms with Gasteiger partial charge in [0.25, 0.3) is 0 Å². The molecule has 0 spiro atoms. The molecule has 0 saturated heterocycles. The number of hydrogen-bond acceptors (Lipinski definition) is 2. The molecule has 0 aromatic heterocycles. The van der Waals surface area contributed by atoms with Crippen molar-refractivity contribution in [2.45, 2.75) is 31.2 Å². The maximum absolute atomic E-state index is 13.4. The number of rotatable bonds is 4. The van der Waals surface area contributed by atoms with Gasteiger partial charge in [-0.2, -0.15) is 0 Å². The van der Waals surface area contributed by atoms with E-state index in [1.165, 1.54) is 25.0 Å². The van der Waals surface area contributed by atoms with E-state index in [9.17, 15) is 4.39 Å². The van der Waals surface area contributed by atoms with Crippen LogP contribution in [0.4, 0.5) is 4.39 Å². The maximum Gasteiger partial charge on any atom is 0.143 e. The Morgan fingerprint density at radius 3 is 2.71 bits per heavy atom. The third-order valence-corrected chi connectivity index (χ3v) is 3.77. The summed E-state index contributed by atoms with van der Waals surface area (Å²) < 4.78 is 19.1. The Morgan fingerprint density at radius 1 is 1.41 bits per heavy atom. The fourth-order valence-electron chi connectivity index (χ4n) is 1.97. The van der Waals surface area contributed by atoms with Gasteiger partial charge in [0.05, 0.1) is 11.6 Å². The van der Waals surface area contributed by atoms with Crippen LogP contribution >= 0.6 is 11.6 Å². The molecule has 0 bridgehead atoms. The van der Waals surface area contributed by atoms with Crippen LogP contribution in [0.15, 0.2) is 12.1 Å². The predicted molar refractivity (Wildman–Crippen MR) is 64.7 cm³/mol. The fourth-order valence-corrected chi connectivity index (χ4v) is 2.23. The number of nitrogens with two attached hydrogens (primary N) is 1. The molecule has 2 aliphatic rings. The number of ether oxygens (including phenoxy) is 1. The van der Waals surface area contributed by atoms with Gasteiger partial charge in [-0.1, -0.05) is 11.6 Å². The third kappa shape index (κ3) is 2.26. The van der Waals surface area contributed by atoms with Crippen molar-refractivity contribution in [2.75, 3.05) is 6.61 Å². The molecule has 1 aromatic carbocycles. The summed E-state index contributed by atoms with van der Waals surface area (Å²) in [6, 6.07) is 2.75. The molecular formula is C13H15ClFNO. The lowest BCUT2D eigenvalue weighted by Crippen LogP contribution is -2.20. The molecule has 2 nitrogen and oxygen atoms in total. The largest absolute Gasteiger partial charge is 0.491 e. The first-order valence-corrected chi connectivity index (χ1v) is 6.37. The van der Waals surface area contributed by atoms with Gasteiger partial charge in [0.2, 0.25) is 0 Å². The smallest absolute Gasteiger partial charge is 0.143 e. The molecule has 3 rings (SSSR count). The van der Waals surface area contributed by atoms with Gasteiger partial charge in [-0.05, 0) is 43.7 Å². The fraction of sp³-hybridized carbons (Fsp3) is 0.538. The van der Waals surface area contributed by atoms with Gasteiger partial charge in [0.15, 0.2) is 0 Å². The van der Waals surface area contributed by atoms with Crippen molar-refractivity contribution in [3.05, 3.63) is 28.5 Å². The Kier molecular flexibility index (Phi) is 2.56. The molecule has 0 amide bonds. The average Bonchev–Trinajstić information content (AvgIpc) is 3.13. The van der Waals surface area contributed by atoms with Crippen LogP contribution in [0.5, 0.6) is 5.75 Å². The zero-order chi connectivity index (χ0) is 12.0. The second-order valence-corrected chi connectivity index (χ2v) is 5.58. The van der Waals surface area contributed by atoms with Crippen molar-refractivity contribution < 1.29 is 9.13 Å². The van der Waals surface area contributed by atoms with Gasteiger partial charge in [-0.15, -0.1) is 0 Å². The summed E-state index contributed by atoms with van der Waals surface area (Å²) in [4.78, 5) is 0. The first-order chi connectivity index (χ1) is 8.08. The highest BCUT2D eigenvalue weighted by molar-refractivity contribution is 6.32. The second kappa shape index (κ2) is 3.85. The topological polar surface area (TPSA) is 35.2 Å². The summed E-state index contributed by atoms with van der Waals surface area (Å²) in [6.45, 7) is 0.661. The molecule has 4 heteroatoms. The van der Waals surface area contributed by atoms with Crippen LogP contribution in [0, 0.1) is 11.7 Å². The molecule has 2 saturated carbocycles. The molecule has 2 fully saturated rings. The first-order valence-electron chi connectivity index (χ1n) is 6.00. The zero-order valence-electron chi connectivity index (χ0n) is 9.51. The van der Waals surface area contributed by atoms with E-state index in [4.69, 9.17) is 22.1 Å². The molecular weight excluding hydrogens is 241 g/mol. The molecule has 0 aliphatic heterocycles. The van der Waals surface area contributed by atoms with Gasteiger partial charge in [-0.3, -0.25) is 0 Å². The normalized spacial score (nSPS) is 21.4. The van der Waals surface area contributed by atoms with E-state index in [2.05, 4.69) is 0 Å². The third-order valence-electron chi connectivity index (χ3n) is 3.49. The molecule has 2 aliphatic carbocycles. The highest BCUT2D eigenvalue weighted by Crippen LogP contribution is 2.49. The highest BCUT2D eigenvalue weighted by Gasteiger charge is 2.43. The summed E-state index contributed by atoms with van der Waals surface area (Å²) in [7, 11) is 0. The maximum atomic E-state index is 13.4. The number of benzene rings is 1. The van der Waals surface area contributed by atoms with Crippen LogP contribution in [0.3, 0.4) is 0 Å². The Balaban J connectivity index is 1.92. The standard InChI is InChI=1S/C13H15ClFNO/c14-11-6-9(15)5-10(13(16)3-4-13)12(11)17-7-8-1-2-8/h5-6,8H,1-4,7,16H2. The molecule has 0 heterocycles. The summed E-state index contributed by atoms with van der Waals surface area (Å²) >= 11 is 6.05. The molecule has 17 heavy (non-hydrogen) atoms. The lowest BCUT2D eigenvalue weighted by atomic mass is 10.0. The molecule has 0 atom stereocenters. The van der Waals surface area contributed by atoms with Gasteiger partial charge < -0.3 is 10.5 Å². The Bertz CT molecular complexity index is 455. The minimum atomic E-state index is -0.426. The SMILES string of the molecule is NC1(c2cc(F)cc(Cl)c2OCC2CC2)CC1. The quantitative estimate of drug-likeness (QED) is 0.897. The van der Waals surface area contributed by atoms with E-state index >= 15 is 0 Å². The summed E-state index contributed by atoms with van der Waals surface area (Å²) in [5, 5.41) is 0.331. The first kappa shape index (κ1) is 11.3. The Hall–Kier alpha value is -0.800. The van der Waals surface area contributed by atoms with Crippen molar-refractivity contribution in [3.63, 3.8) is 0 Å². The van der Waals surface area contributed by atoms with Crippen molar-refractivity contribution in [1.29, 1.82) is 0 Å². The van der Waals surface area contributed by atoms with Crippen LogP contribution < -0.4 is 10.5 Å². The van der Waals surface area contributed by atoms with Crippen LogP contribution in [-0.2, 0) is 5.54 Å². The van der Waals surface area contributed by atoms with Gasteiger partial charge in [0.1, 0.15) is 11.6 Å². The minimum absolute atomic E-state index is 0.331. The van der Waals surface area contributed by atoms with Crippen molar-refractivity contribution in [1.82, 2.24) is 0 Å². The summed E-state index contributed by atoms with van der Waals surface area (Å²) in [5.41, 5.74) is 6.42. The van der Waals surface area contributed by atoms with E-state index < -0.39 is 5.54 Å².